The summed E-state index contributed by atoms with van der Waals surface area (Å²) in [6.45, 7) is -0.115. The van der Waals surface area contributed by atoms with Gasteiger partial charge >= 0.3 is 0 Å². The highest BCUT2D eigenvalue weighted by Crippen LogP contribution is 2.38. The lowest BCUT2D eigenvalue weighted by atomic mass is 10.2. The van der Waals surface area contributed by atoms with E-state index in [0.717, 1.165) is 0 Å². The summed E-state index contributed by atoms with van der Waals surface area (Å²) >= 11 is 12.0. The van der Waals surface area contributed by atoms with Crippen molar-refractivity contribution >= 4 is 54.5 Å². The van der Waals surface area contributed by atoms with E-state index in [2.05, 4.69) is 0 Å². The first-order valence-electron chi connectivity index (χ1n) is 5.37. The van der Waals surface area contributed by atoms with Crippen LogP contribution in [0.3, 0.4) is 0 Å². The molecule has 5 nitrogen and oxygen atoms in total. The van der Waals surface area contributed by atoms with Gasteiger partial charge in [0.1, 0.15) is 5.25 Å². The molecule has 1 saturated heterocycles. The lowest BCUT2D eigenvalue weighted by Gasteiger charge is -2.19. The SMILES string of the molecule is N#Cc1cc(Cl)c(N2CC(S(=O)(=O)Cl)CC2=O)c(Cl)c1. The Labute approximate surface area is 130 Å². The molecule has 1 heterocycles. The topological polar surface area (TPSA) is 78.2 Å². The third kappa shape index (κ3) is 2.86. The van der Waals surface area contributed by atoms with Crippen LogP contribution < -0.4 is 4.90 Å². The molecule has 0 spiro atoms. The van der Waals surface area contributed by atoms with Gasteiger partial charge in [-0.3, -0.25) is 4.79 Å². The molecule has 0 radical (unpaired) electrons. The molecule has 0 bridgehead atoms. The lowest BCUT2D eigenvalue weighted by molar-refractivity contribution is -0.117. The average Bonchev–Trinajstić information content (AvgIpc) is 2.70. The fourth-order valence-electron chi connectivity index (χ4n) is 1.97. The Morgan fingerprint density at radius 1 is 1.30 bits per heavy atom. The Morgan fingerprint density at radius 3 is 2.25 bits per heavy atom. The number of nitrogens with zero attached hydrogens (tertiary/aromatic N) is 2. The number of nitriles is 1. The molecule has 20 heavy (non-hydrogen) atoms. The van der Waals surface area contributed by atoms with Gasteiger partial charge in [-0.25, -0.2) is 8.42 Å². The van der Waals surface area contributed by atoms with E-state index in [0.29, 0.717) is 0 Å². The Balaban J connectivity index is 2.44. The predicted molar refractivity (Wildman–Crippen MR) is 76.7 cm³/mol. The molecule has 1 aromatic rings. The maximum Gasteiger partial charge on any atom is 0.237 e. The summed E-state index contributed by atoms with van der Waals surface area (Å²) in [7, 11) is 1.43. The van der Waals surface area contributed by atoms with Crippen LogP contribution in [0.4, 0.5) is 5.69 Å². The minimum absolute atomic E-state index is 0.107. The average molecular weight is 354 g/mol. The highest BCUT2D eigenvalue weighted by Gasteiger charge is 2.39. The summed E-state index contributed by atoms with van der Waals surface area (Å²) in [5, 5.41) is 8.01. The zero-order chi connectivity index (χ0) is 15.1. The number of carbonyl (C=O) groups excluding carboxylic acids is 1. The smallest absolute Gasteiger partial charge is 0.237 e. The third-order valence-electron chi connectivity index (χ3n) is 2.90. The second kappa shape index (κ2) is 5.41. The van der Waals surface area contributed by atoms with Crippen molar-refractivity contribution in [2.75, 3.05) is 11.4 Å². The van der Waals surface area contributed by atoms with E-state index in [1.165, 1.54) is 17.0 Å². The largest absolute Gasteiger partial charge is 0.308 e. The van der Waals surface area contributed by atoms with Crippen LogP contribution in [0.25, 0.3) is 0 Å². The third-order valence-corrected chi connectivity index (χ3v) is 5.35. The van der Waals surface area contributed by atoms with Crippen molar-refractivity contribution in [2.24, 2.45) is 0 Å². The number of halogens is 3. The van der Waals surface area contributed by atoms with Gasteiger partial charge in [-0.2, -0.15) is 5.26 Å². The Bertz CT molecular complexity index is 704. The zero-order valence-corrected chi connectivity index (χ0v) is 12.9. The van der Waals surface area contributed by atoms with Crippen LogP contribution in [0, 0.1) is 11.3 Å². The first-order chi connectivity index (χ1) is 9.24. The van der Waals surface area contributed by atoms with Crippen molar-refractivity contribution in [1.82, 2.24) is 0 Å². The van der Waals surface area contributed by atoms with Crippen LogP contribution in [0.1, 0.15) is 12.0 Å². The van der Waals surface area contributed by atoms with E-state index in [-0.39, 0.29) is 34.3 Å². The fourth-order valence-corrected chi connectivity index (χ4v) is 3.69. The molecule has 0 N–H and O–H groups in total. The molecule has 1 atom stereocenters. The van der Waals surface area contributed by atoms with Crippen LogP contribution in [-0.2, 0) is 13.8 Å². The molecule has 1 unspecified atom stereocenters. The van der Waals surface area contributed by atoms with Gasteiger partial charge in [0.25, 0.3) is 0 Å². The van der Waals surface area contributed by atoms with Crippen molar-refractivity contribution in [1.29, 1.82) is 5.26 Å². The van der Waals surface area contributed by atoms with Gasteiger partial charge in [0.15, 0.2) is 0 Å². The molecular formula is C11H7Cl3N2O3S. The molecule has 1 amide bonds. The zero-order valence-electron chi connectivity index (χ0n) is 9.81. The minimum Gasteiger partial charge on any atom is -0.308 e. The van der Waals surface area contributed by atoms with Gasteiger partial charge in [-0.05, 0) is 12.1 Å². The number of anilines is 1. The molecule has 1 aliphatic heterocycles. The van der Waals surface area contributed by atoms with Crippen LogP contribution >= 0.6 is 33.9 Å². The maximum absolute atomic E-state index is 11.9. The van der Waals surface area contributed by atoms with Crippen molar-refractivity contribution < 1.29 is 13.2 Å². The second-order valence-electron chi connectivity index (χ2n) is 4.21. The molecule has 0 aromatic heterocycles. The predicted octanol–water partition coefficient (Wildman–Crippen LogP) is 2.54. The van der Waals surface area contributed by atoms with Gasteiger partial charge in [0, 0.05) is 23.6 Å². The summed E-state index contributed by atoms with van der Waals surface area (Å²) in [5.74, 6) is -0.437. The Hall–Kier alpha value is -1.00. The summed E-state index contributed by atoms with van der Waals surface area (Å²) in [5.41, 5.74) is 0.442. The lowest BCUT2D eigenvalue weighted by Crippen LogP contribution is -2.27. The minimum atomic E-state index is -3.84. The standard InChI is InChI=1S/C11H7Cl3N2O3S/c12-8-1-6(4-15)2-9(13)11(8)16-5-7(3-10(16)17)20(14,18)19/h1-2,7H,3,5H2. The van der Waals surface area contributed by atoms with E-state index in [9.17, 15) is 13.2 Å². The number of amides is 1. The van der Waals surface area contributed by atoms with E-state index < -0.39 is 20.2 Å². The van der Waals surface area contributed by atoms with E-state index >= 15 is 0 Å². The van der Waals surface area contributed by atoms with Crippen molar-refractivity contribution in [2.45, 2.75) is 11.7 Å². The van der Waals surface area contributed by atoms with Crippen LogP contribution in [0.15, 0.2) is 12.1 Å². The van der Waals surface area contributed by atoms with Crippen LogP contribution in [0.2, 0.25) is 10.0 Å². The van der Waals surface area contributed by atoms with Gasteiger partial charge < -0.3 is 4.90 Å². The summed E-state index contributed by atoms with van der Waals surface area (Å²) in [4.78, 5) is 13.1. The van der Waals surface area contributed by atoms with Gasteiger partial charge in [0.05, 0.1) is 27.4 Å². The number of benzene rings is 1. The number of hydrogen-bond donors (Lipinski definition) is 0. The van der Waals surface area contributed by atoms with E-state index in [1.54, 1.807) is 0 Å². The monoisotopic (exact) mass is 352 g/mol. The molecule has 1 aliphatic rings. The Morgan fingerprint density at radius 2 is 1.85 bits per heavy atom. The molecule has 2 rings (SSSR count). The quantitative estimate of drug-likeness (QED) is 0.765. The molecule has 1 aromatic carbocycles. The van der Waals surface area contributed by atoms with Gasteiger partial charge in [-0.15, -0.1) is 0 Å². The molecule has 0 saturated carbocycles. The van der Waals surface area contributed by atoms with Crippen molar-refractivity contribution in [3.8, 4) is 6.07 Å². The van der Waals surface area contributed by atoms with Crippen molar-refractivity contribution in [3.05, 3.63) is 27.7 Å². The van der Waals surface area contributed by atoms with Crippen molar-refractivity contribution in [3.63, 3.8) is 0 Å². The molecular weight excluding hydrogens is 347 g/mol. The normalized spacial score (nSPS) is 19.2. The summed E-state index contributed by atoms with van der Waals surface area (Å²) in [6, 6.07) is 4.60. The molecule has 106 valence electrons. The maximum atomic E-state index is 11.9. The molecule has 0 aliphatic carbocycles. The molecule has 1 fully saturated rings. The van der Waals surface area contributed by atoms with E-state index in [4.69, 9.17) is 39.1 Å². The fraction of sp³-hybridized carbons (Fsp3) is 0.273. The first-order valence-corrected chi connectivity index (χ1v) is 8.50. The van der Waals surface area contributed by atoms with Crippen LogP contribution in [-0.4, -0.2) is 26.1 Å². The number of hydrogen-bond acceptors (Lipinski definition) is 4. The van der Waals surface area contributed by atoms with Gasteiger partial charge in [-0.1, -0.05) is 23.2 Å². The molecule has 9 heteroatoms. The number of rotatable bonds is 2. The summed E-state index contributed by atoms with van der Waals surface area (Å²) in [6.07, 6.45) is -0.224. The highest BCUT2D eigenvalue weighted by atomic mass is 35.7. The summed E-state index contributed by atoms with van der Waals surface area (Å²) < 4.78 is 22.6. The number of carbonyl (C=O) groups is 1. The van der Waals surface area contributed by atoms with E-state index in [1.807, 2.05) is 6.07 Å². The van der Waals surface area contributed by atoms with Gasteiger partial charge in [0.2, 0.25) is 15.0 Å². The highest BCUT2D eigenvalue weighted by molar-refractivity contribution is 8.14. The Kier molecular flexibility index (Phi) is 4.17. The first kappa shape index (κ1) is 15.4. The van der Waals surface area contributed by atoms with Crippen LogP contribution in [0.5, 0.6) is 0 Å². The second-order valence-corrected chi connectivity index (χ2v) is 7.93.